The van der Waals surface area contributed by atoms with Gasteiger partial charge in [-0.05, 0) is 35.4 Å². The molecule has 0 saturated carbocycles. The SMILES string of the molecule is CC12Oc3ccc(-c4ccc(OC(F)(F)F)cc4)cc3C(=O)N1Cc1nccc[n+]12. The topological polar surface area (TPSA) is 55.5 Å². The Morgan fingerprint density at radius 2 is 1.90 bits per heavy atom. The van der Waals surface area contributed by atoms with Crippen molar-refractivity contribution in [3.05, 3.63) is 72.3 Å². The van der Waals surface area contributed by atoms with Crippen molar-refractivity contribution in [2.75, 3.05) is 0 Å². The molecule has 3 aromatic rings. The van der Waals surface area contributed by atoms with Crippen molar-refractivity contribution < 1.29 is 32.0 Å². The first-order chi connectivity index (χ1) is 14.2. The van der Waals surface area contributed by atoms with E-state index in [4.69, 9.17) is 4.74 Å². The van der Waals surface area contributed by atoms with Crippen molar-refractivity contribution in [2.45, 2.75) is 25.7 Å². The molecule has 9 heteroatoms. The normalized spacial score (nSPS) is 19.6. The molecule has 0 radical (unpaired) electrons. The molecular formula is C21H15F3N3O3+. The van der Waals surface area contributed by atoms with Crippen LogP contribution in [0.1, 0.15) is 23.1 Å². The molecule has 5 rings (SSSR count). The first-order valence-corrected chi connectivity index (χ1v) is 9.12. The fourth-order valence-electron chi connectivity index (χ4n) is 3.85. The van der Waals surface area contributed by atoms with Gasteiger partial charge in [-0.2, -0.15) is 4.57 Å². The number of nitrogens with zero attached hydrogens (tertiary/aromatic N) is 3. The third-order valence-electron chi connectivity index (χ3n) is 5.25. The predicted octanol–water partition coefficient (Wildman–Crippen LogP) is 3.61. The minimum absolute atomic E-state index is 0.205. The summed E-state index contributed by atoms with van der Waals surface area (Å²) in [6.07, 6.45) is -1.26. The molecular weight excluding hydrogens is 399 g/mol. The van der Waals surface area contributed by atoms with Gasteiger partial charge in [0.25, 0.3) is 5.91 Å². The Hall–Kier alpha value is -3.62. The summed E-state index contributed by atoms with van der Waals surface area (Å²) in [5, 5.41) is 0. The molecule has 1 unspecified atom stereocenters. The van der Waals surface area contributed by atoms with E-state index in [1.165, 1.54) is 24.3 Å². The van der Waals surface area contributed by atoms with Gasteiger partial charge in [0.15, 0.2) is 0 Å². The smallest absolute Gasteiger partial charge is 0.431 e. The maximum Gasteiger partial charge on any atom is 0.573 e. The summed E-state index contributed by atoms with van der Waals surface area (Å²) in [5.41, 5.74) is 1.71. The van der Waals surface area contributed by atoms with E-state index < -0.39 is 12.2 Å². The Bertz CT molecular complexity index is 1160. The molecule has 2 aliphatic heterocycles. The van der Waals surface area contributed by atoms with Gasteiger partial charge < -0.3 is 9.47 Å². The van der Waals surface area contributed by atoms with Gasteiger partial charge in [-0.25, -0.2) is 0 Å². The summed E-state index contributed by atoms with van der Waals surface area (Å²) in [5.74, 6) is -0.376. The van der Waals surface area contributed by atoms with Gasteiger partial charge in [0.1, 0.15) is 30.4 Å². The van der Waals surface area contributed by atoms with Crippen LogP contribution >= 0.6 is 0 Å². The van der Waals surface area contributed by atoms with Crippen LogP contribution in [0.5, 0.6) is 11.5 Å². The lowest BCUT2D eigenvalue weighted by atomic mass is 10.0. The Morgan fingerprint density at radius 1 is 1.17 bits per heavy atom. The third kappa shape index (κ3) is 2.85. The molecule has 1 atom stereocenters. The molecule has 0 saturated heterocycles. The summed E-state index contributed by atoms with van der Waals surface area (Å²) in [4.78, 5) is 19.1. The first kappa shape index (κ1) is 18.4. The number of aromatic nitrogens is 2. The second kappa shape index (κ2) is 6.19. The largest absolute Gasteiger partial charge is 0.573 e. The maximum atomic E-state index is 13.2. The van der Waals surface area contributed by atoms with E-state index in [1.54, 1.807) is 42.3 Å². The quantitative estimate of drug-likeness (QED) is 0.602. The number of ether oxygens (including phenoxy) is 2. The van der Waals surface area contributed by atoms with Crippen LogP contribution in [-0.4, -0.2) is 22.2 Å². The van der Waals surface area contributed by atoms with Gasteiger partial charge in [-0.3, -0.25) is 9.69 Å². The van der Waals surface area contributed by atoms with Crippen LogP contribution in [0.25, 0.3) is 11.1 Å². The highest BCUT2D eigenvalue weighted by Crippen LogP contribution is 2.39. The first-order valence-electron chi connectivity index (χ1n) is 9.12. The second-order valence-electron chi connectivity index (χ2n) is 7.12. The van der Waals surface area contributed by atoms with Crippen LogP contribution in [0.2, 0.25) is 0 Å². The number of alkyl halides is 3. The van der Waals surface area contributed by atoms with E-state index in [0.29, 0.717) is 34.8 Å². The van der Waals surface area contributed by atoms with Crippen molar-refractivity contribution in [3.8, 4) is 22.6 Å². The lowest BCUT2D eigenvalue weighted by Gasteiger charge is -2.37. The minimum Gasteiger partial charge on any atom is -0.431 e. The molecule has 2 aliphatic rings. The number of halogens is 3. The number of carbonyl (C=O) groups excluding carboxylic acids is 1. The van der Waals surface area contributed by atoms with Gasteiger partial charge in [0, 0.05) is 13.0 Å². The maximum absolute atomic E-state index is 13.2. The van der Waals surface area contributed by atoms with Crippen LogP contribution < -0.4 is 14.0 Å². The highest BCUT2D eigenvalue weighted by atomic mass is 19.4. The van der Waals surface area contributed by atoms with Crippen molar-refractivity contribution in [1.29, 1.82) is 0 Å². The lowest BCUT2D eigenvalue weighted by Crippen LogP contribution is -2.65. The van der Waals surface area contributed by atoms with Crippen LogP contribution in [0.15, 0.2) is 60.9 Å². The standard InChI is InChI=1S/C21H15F3N3O3/c1-20-26-10-2-9-25-18(26)12-27(20)19(28)16-11-14(5-8-17(16)30-20)13-3-6-15(7-4-13)29-21(22,23)24/h2-11H,12H2,1H3/q+1. The Balaban J connectivity index is 1.48. The molecule has 6 nitrogen and oxygen atoms in total. The van der Waals surface area contributed by atoms with E-state index in [9.17, 15) is 18.0 Å². The number of fused-ring (bicyclic) bond motifs is 4. The number of rotatable bonds is 2. The zero-order valence-electron chi connectivity index (χ0n) is 15.7. The van der Waals surface area contributed by atoms with Crippen molar-refractivity contribution in [1.82, 2.24) is 9.88 Å². The van der Waals surface area contributed by atoms with Crippen molar-refractivity contribution in [2.24, 2.45) is 0 Å². The lowest BCUT2D eigenvalue weighted by molar-refractivity contribution is -0.806. The Kier molecular flexibility index (Phi) is 3.80. The Morgan fingerprint density at radius 3 is 2.63 bits per heavy atom. The number of hydrogen-bond donors (Lipinski definition) is 0. The monoisotopic (exact) mass is 414 g/mol. The van der Waals surface area contributed by atoms with E-state index in [2.05, 4.69) is 9.72 Å². The molecule has 1 aromatic heterocycles. The zero-order chi connectivity index (χ0) is 21.1. The highest BCUT2D eigenvalue weighted by Gasteiger charge is 2.55. The third-order valence-corrected chi connectivity index (χ3v) is 5.25. The minimum atomic E-state index is -4.75. The fourth-order valence-corrected chi connectivity index (χ4v) is 3.85. The molecule has 0 N–H and O–H groups in total. The summed E-state index contributed by atoms with van der Waals surface area (Å²) in [6.45, 7) is 2.11. The molecule has 0 spiro atoms. The number of benzene rings is 2. The number of carbonyl (C=O) groups is 1. The Labute approximate surface area is 169 Å². The van der Waals surface area contributed by atoms with Crippen LogP contribution in [0.4, 0.5) is 13.2 Å². The van der Waals surface area contributed by atoms with Gasteiger partial charge in [0.2, 0.25) is 0 Å². The van der Waals surface area contributed by atoms with E-state index in [1.807, 2.05) is 10.8 Å². The van der Waals surface area contributed by atoms with Crippen LogP contribution in [0.3, 0.4) is 0 Å². The number of amides is 1. The molecule has 30 heavy (non-hydrogen) atoms. The zero-order valence-corrected chi connectivity index (χ0v) is 15.7. The van der Waals surface area contributed by atoms with Crippen LogP contribution in [-0.2, 0) is 12.4 Å². The van der Waals surface area contributed by atoms with Crippen molar-refractivity contribution in [3.63, 3.8) is 0 Å². The number of hydrogen-bond acceptors (Lipinski definition) is 4. The summed E-state index contributed by atoms with van der Waals surface area (Å²) >= 11 is 0. The van der Waals surface area contributed by atoms with E-state index in [0.717, 1.165) is 0 Å². The highest BCUT2D eigenvalue weighted by molar-refractivity contribution is 5.99. The average molecular weight is 414 g/mol. The van der Waals surface area contributed by atoms with Gasteiger partial charge in [-0.15, -0.1) is 13.2 Å². The molecule has 2 aromatic carbocycles. The molecule has 1 amide bonds. The second-order valence-corrected chi connectivity index (χ2v) is 7.12. The molecule has 0 aliphatic carbocycles. The fraction of sp³-hybridized carbons (Fsp3) is 0.190. The van der Waals surface area contributed by atoms with Crippen LogP contribution in [0, 0.1) is 0 Å². The molecule has 0 bridgehead atoms. The summed E-state index contributed by atoms with van der Waals surface area (Å²) < 4.78 is 49.0. The van der Waals surface area contributed by atoms with E-state index >= 15 is 0 Å². The molecule has 3 heterocycles. The molecule has 0 fully saturated rings. The predicted molar refractivity (Wildman–Crippen MR) is 97.1 cm³/mol. The van der Waals surface area contributed by atoms with E-state index in [-0.39, 0.29) is 11.7 Å². The van der Waals surface area contributed by atoms with Gasteiger partial charge in [0.05, 0.1) is 5.56 Å². The van der Waals surface area contributed by atoms with Crippen molar-refractivity contribution >= 4 is 5.91 Å². The average Bonchev–Trinajstić information content (AvgIpc) is 3.00. The summed E-state index contributed by atoms with van der Waals surface area (Å²) in [7, 11) is 0. The molecule has 152 valence electrons. The van der Waals surface area contributed by atoms with Gasteiger partial charge in [-0.1, -0.05) is 23.2 Å². The summed E-state index contributed by atoms with van der Waals surface area (Å²) in [6, 6.07) is 12.4. The van der Waals surface area contributed by atoms with Gasteiger partial charge >= 0.3 is 18.0 Å².